The van der Waals surface area contributed by atoms with E-state index in [1.54, 1.807) is 25.1 Å². The molecule has 0 unspecified atom stereocenters. The van der Waals surface area contributed by atoms with Gasteiger partial charge in [0.15, 0.2) is 23.4 Å². The van der Waals surface area contributed by atoms with Gasteiger partial charge in [-0.05, 0) is 32.0 Å². The third-order valence-electron chi connectivity index (χ3n) is 3.67. The standard InChI is InChI=1S/C18H22N2O7/c1-3-19-18(24)20-17(23)11(2)27-16(22)7-5-13(21)12-4-6-14-15(10-12)26-9-8-25-14/h4,6,10-11H,3,5,7-9H2,1-2H3,(H2,19,20,23,24)/t11-/m1/s1. The smallest absolute Gasteiger partial charge is 0.321 e. The maximum Gasteiger partial charge on any atom is 0.321 e. The lowest BCUT2D eigenvalue weighted by molar-refractivity contribution is -0.154. The van der Waals surface area contributed by atoms with Crippen LogP contribution >= 0.6 is 0 Å². The number of hydrogen-bond acceptors (Lipinski definition) is 7. The lowest BCUT2D eigenvalue weighted by Gasteiger charge is -2.18. The van der Waals surface area contributed by atoms with E-state index in [0.717, 1.165) is 0 Å². The second-order valence-electron chi connectivity index (χ2n) is 5.76. The van der Waals surface area contributed by atoms with Crippen LogP contribution in [0.1, 0.15) is 37.0 Å². The molecule has 27 heavy (non-hydrogen) atoms. The molecule has 0 spiro atoms. The van der Waals surface area contributed by atoms with Gasteiger partial charge in [-0.2, -0.15) is 0 Å². The number of imide groups is 1. The molecule has 0 aromatic heterocycles. The van der Waals surface area contributed by atoms with Crippen LogP contribution in [0.5, 0.6) is 11.5 Å². The van der Waals surface area contributed by atoms with Gasteiger partial charge in [0.05, 0.1) is 6.42 Å². The van der Waals surface area contributed by atoms with Crippen LogP contribution in [0.3, 0.4) is 0 Å². The first-order valence-corrected chi connectivity index (χ1v) is 8.61. The monoisotopic (exact) mass is 378 g/mol. The highest BCUT2D eigenvalue weighted by molar-refractivity contribution is 5.99. The van der Waals surface area contributed by atoms with Crippen molar-refractivity contribution in [3.63, 3.8) is 0 Å². The Morgan fingerprint density at radius 1 is 1.11 bits per heavy atom. The van der Waals surface area contributed by atoms with Crippen LogP contribution in [0.4, 0.5) is 4.79 Å². The van der Waals surface area contributed by atoms with Crippen LogP contribution in [0.2, 0.25) is 0 Å². The average Bonchev–Trinajstić information content (AvgIpc) is 2.65. The summed E-state index contributed by atoms with van der Waals surface area (Å²) in [5.41, 5.74) is 0.397. The van der Waals surface area contributed by atoms with Crippen molar-refractivity contribution in [2.45, 2.75) is 32.8 Å². The normalized spacial score (nSPS) is 13.3. The molecule has 1 aliphatic heterocycles. The molecule has 2 rings (SSSR count). The van der Waals surface area contributed by atoms with E-state index in [1.807, 2.05) is 5.32 Å². The Bertz CT molecular complexity index is 732. The number of ketones is 1. The van der Waals surface area contributed by atoms with E-state index in [4.69, 9.17) is 14.2 Å². The Morgan fingerprint density at radius 3 is 2.52 bits per heavy atom. The van der Waals surface area contributed by atoms with Gasteiger partial charge >= 0.3 is 12.0 Å². The molecule has 0 saturated carbocycles. The zero-order chi connectivity index (χ0) is 19.8. The van der Waals surface area contributed by atoms with E-state index in [0.29, 0.717) is 36.8 Å². The topological polar surface area (TPSA) is 120 Å². The van der Waals surface area contributed by atoms with Crippen molar-refractivity contribution in [1.29, 1.82) is 0 Å². The molecule has 0 aliphatic carbocycles. The van der Waals surface area contributed by atoms with Crippen LogP contribution in [-0.2, 0) is 14.3 Å². The highest BCUT2D eigenvalue weighted by atomic mass is 16.6. The molecule has 0 fully saturated rings. The molecule has 9 heteroatoms. The summed E-state index contributed by atoms with van der Waals surface area (Å²) >= 11 is 0. The van der Waals surface area contributed by atoms with Gasteiger partial charge in [-0.1, -0.05) is 0 Å². The summed E-state index contributed by atoms with van der Waals surface area (Å²) in [5.74, 6) is -0.648. The van der Waals surface area contributed by atoms with Gasteiger partial charge < -0.3 is 19.5 Å². The van der Waals surface area contributed by atoms with Crippen molar-refractivity contribution in [2.24, 2.45) is 0 Å². The SMILES string of the molecule is CCNC(=O)NC(=O)[C@@H](C)OC(=O)CCC(=O)c1ccc2c(c1)OCCO2. The van der Waals surface area contributed by atoms with Gasteiger partial charge in [0.2, 0.25) is 0 Å². The zero-order valence-corrected chi connectivity index (χ0v) is 15.2. The Balaban J connectivity index is 1.80. The average molecular weight is 378 g/mol. The summed E-state index contributed by atoms with van der Waals surface area (Å²) in [4.78, 5) is 47.1. The summed E-state index contributed by atoms with van der Waals surface area (Å²) < 4.78 is 15.8. The van der Waals surface area contributed by atoms with Gasteiger partial charge in [-0.15, -0.1) is 0 Å². The van der Waals surface area contributed by atoms with Crippen LogP contribution in [0.25, 0.3) is 0 Å². The number of fused-ring (bicyclic) bond motifs is 1. The molecule has 1 aromatic carbocycles. The number of urea groups is 1. The first-order valence-electron chi connectivity index (χ1n) is 8.61. The van der Waals surface area contributed by atoms with E-state index in [1.165, 1.54) is 6.92 Å². The number of benzene rings is 1. The molecule has 3 amide bonds. The number of Topliss-reactive ketones (excluding diaryl/α,β-unsaturated/α-hetero) is 1. The molecule has 1 atom stereocenters. The van der Waals surface area contributed by atoms with Crippen molar-refractivity contribution >= 4 is 23.7 Å². The maximum atomic E-state index is 12.2. The van der Waals surface area contributed by atoms with Crippen LogP contribution in [-0.4, -0.2) is 49.6 Å². The van der Waals surface area contributed by atoms with Gasteiger partial charge in [0.25, 0.3) is 5.91 Å². The van der Waals surface area contributed by atoms with E-state index in [2.05, 4.69) is 5.32 Å². The van der Waals surface area contributed by atoms with Gasteiger partial charge in [0, 0.05) is 18.5 Å². The summed E-state index contributed by atoms with van der Waals surface area (Å²) in [7, 11) is 0. The molecule has 1 aliphatic rings. The summed E-state index contributed by atoms with van der Waals surface area (Å²) in [6, 6.07) is 4.15. The maximum absolute atomic E-state index is 12.2. The summed E-state index contributed by atoms with van der Waals surface area (Å²) in [6.45, 7) is 4.27. The Morgan fingerprint density at radius 2 is 1.81 bits per heavy atom. The van der Waals surface area contributed by atoms with Gasteiger partial charge in [-0.3, -0.25) is 19.7 Å². The highest BCUT2D eigenvalue weighted by Crippen LogP contribution is 2.31. The number of esters is 1. The number of amides is 3. The quantitative estimate of drug-likeness (QED) is 0.540. The fraction of sp³-hybridized carbons (Fsp3) is 0.444. The van der Waals surface area contributed by atoms with E-state index >= 15 is 0 Å². The fourth-order valence-corrected chi connectivity index (χ4v) is 2.30. The molecule has 0 radical (unpaired) electrons. The van der Waals surface area contributed by atoms with Gasteiger partial charge in [0.1, 0.15) is 13.2 Å². The Kier molecular flexibility index (Phi) is 7.16. The highest BCUT2D eigenvalue weighted by Gasteiger charge is 2.21. The lowest BCUT2D eigenvalue weighted by Crippen LogP contribution is -2.44. The van der Waals surface area contributed by atoms with Crippen molar-refractivity contribution in [1.82, 2.24) is 10.6 Å². The van der Waals surface area contributed by atoms with E-state index < -0.39 is 24.0 Å². The van der Waals surface area contributed by atoms with Crippen LogP contribution in [0, 0.1) is 0 Å². The minimum Gasteiger partial charge on any atom is -0.486 e. The number of carbonyl (C=O) groups excluding carboxylic acids is 4. The second-order valence-corrected chi connectivity index (χ2v) is 5.76. The van der Waals surface area contributed by atoms with Crippen molar-refractivity contribution < 1.29 is 33.4 Å². The number of nitrogens with one attached hydrogen (secondary N) is 2. The number of carbonyl (C=O) groups is 4. The van der Waals surface area contributed by atoms with Crippen LogP contribution < -0.4 is 20.1 Å². The second kappa shape index (κ2) is 9.56. The molecule has 1 aromatic rings. The predicted octanol–water partition coefficient (Wildman–Crippen LogP) is 1.20. The molecule has 1 heterocycles. The molecule has 2 N–H and O–H groups in total. The number of ether oxygens (including phenoxy) is 3. The minimum absolute atomic E-state index is 0.0802. The Labute approximate surface area is 156 Å². The summed E-state index contributed by atoms with van der Waals surface area (Å²) in [6.07, 6.45) is -1.42. The third-order valence-corrected chi connectivity index (χ3v) is 3.67. The van der Waals surface area contributed by atoms with Crippen molar-refractivity contribution in [2.75, 3.05) is 19.8 Å². The largest absolute Gasteiger partial charge is 0.486 e. The molecule has 0 saturated heterocycles. The number of hydrogen-bond donors (Lipinski definition) is 2. The third kappa shape index (κ3) is 5.98. The van der Waals surface area contributed by atoms with Crippen molar-refractivity contribution in [3.05, 3.63) is 23.8 Å². The molecule has 9 nitrogen and oxygen atoms in total. The number of rotatable bonds is 7. The first kappa shape index (κ1) is 20.2. The Hall–Kier alpha value is -3.10. The molecule has 146 valence electrons. The lowest BCUT2D eigenvalue weighted by atomic mass is 10.1. The fourth-order valence-electron chi connectivity index (χ4n) is 2.30. The van der Waals surface area contributed by atoms with Crippen molar-refractivity contribution in [3.8, 4) is 11.5 Å². The zero-order valence-electron chi connectivity index (χ0n) is 15.2. The van der Waals surface area contributed by atoms with Gasteiger partial charge in [-0.25, -0.2) is 4.79 Å². The first-order chi connectivity index (χ1) is 12.9. The van der Waals surface area contributed by atoms with E-state index in [-0.39, 0.29) is 18.6 Å². The van der Waals surface area contributed by atoms with Crippen LogP contribution in [0.15, 0.2) is 18.2 Å². The molecular formula is C18H22N2O7. The minimum atomic E-state index is -1.15. The molecular weight excluding hydrogens is 356 g/mol. The molecule has 0 bridgehead atoms. The predicted molar refractivity (Wildman–Crippen MR) is 93.8 cm³/mol. The summed E-state index contributed by atoms with van der Waals surface area (Å²) in [5, 5.41) is 4.44. The van der Waals surface area contributed by atoms with E-state index in [9.17, 15) is 19.2 Å².